The summed E-state index contributed by atoms with van der Waals surface area (Å²) in [6.45, 7) is -0.388. The van der Waals surface area contributed by atoms with Gasteiger partial charge >= 0.3 is 5.97 Å². The molecule has 0 spiro atoms. The zero-order valence-corrected chi connectivity index (χ0v) is 15.7. The van der Waals surface area contributed by atoms with Gasteiger partial charge < -0.3 is 14.6 Å². The van der Waals surface area contributed by atoms with E-state index in [1.807, 2.05) is 12.1 Å². The molecule has 1 atom stereocenters. The molecule has 7 nitrogen and oxygen atoms in total. The van der Waals surface area contributed by atoms with Crippen LogP contribution in [0.1, 0.15) is 17.5 Å². The van der Waals surface area contributed by atoms with Crippen LogP contribution in [0.4, 0.5) is 0 Å². The maximum Gasteiger partial charge on any atom is 0.346 e. The summed E-state index contributed by atoms with van der Waals surface area (Å²) in [7, 11) is -2.38. The number of carbonyl (C=O) groups is 1. The van der Waals surface area contributed by atoms with Crippen LogP contribution in [-0.4, -0.2) is 39.3 Å². The fourth-order valence-corrected chi connectivity index (χ4v) is 4.02. The predicted molar refractivity (Wildman–Crippen MR) is 98.7 cm³/mol. The Labute approximate surface area is 158 Å². The molecule has 27 heavy (non-hydrogen) atoms. The summed E-state index contributed by atoms with van der Waals surface area (Å²) in [5, 5.41) is 9.39. The van der Waals surface area contributed by atoms with Crippen molar-refractivity contribution in [1.29, 1.82) is 0 Å². The Hall–Kier alpha value is -2.58. The molecule has 2 aromatic carbocycles. The predicted octanol–water partition coefficient (Wildman–Crippen LogP) is 1.99. The van der Waals surface area contributed by atoms with Crippen molar-refractivity contribution in [3.8, 4) is 11.5 Å². The van der Waals surface area contributed by atoms with Crippen LogP contribution in [0, 0.1) is 0 Å². The third-order valence-corrected chi connectivity index (χ3v) is 5.89. The summed E-state index contributed by atoms with van der Waals surface area (Å²) < 4.78 is 37.5. The van der Waals surface area contributed by atoms with E-state index in [2.05, 4.69) is 4.72 Å². The standard InChI is InChI=1S/C19H21NO6S/c1-25-15-7-9-17(10-8-15)27(23,24)20-12-18(19(21)22)26-16-6-5-13-3-2-4-14(13)11-16/h5-11,18,20H,2-4,12H2,1H3,(H,21,22). The zero-order valence-electron chi connectivity index (χ0n) is 14.8. The molecule has 0 saturated heterocycles. The highest BCUT2D eigenvalue weighted by atomic mass is 32.2. The van der Waals surface area contributed by atoms with Gasteiger partial charge in [-0.15, -0.1) is 0 Å². The number of hydrogen-bond acceptors (Lipinski definition) is 5. The molecule has 0 radical (unpaired) electrons. The molecule has 0 aromatic heterocycles. The number of sulfonamides is 1. The number of ether oxygens (including phenoxy) is 2. The van der Waals surface area contributed by atoms with E-state index in [1.165, 1.54) is 36.9 Å². The summed E-state index contributed by atoms with van der Waals surface area (Å²) in [6, 6.07) is 11.3. The fourth-order valence-electron chi connectivity index (χ4n) is 2.99. The van der Waals surface area contributed by atoms with Gasteiger partial charge in [0.05, 0.1) is 18.6 Å². The van der Waals surface area contributed by atoms with E-state index < -0.39 is 22.1 Å². The second kappa shape index (κ2) is 7.98. The third-order valence-electron chi connectivity index (χ3n) is 4.45. The largest absolute Gasteiger partial charge is 0.497 e. The minimum absolute atomic E-state index is 0.0185. The van der Waals surface area contributed by atoms with Crippen molar-refractivity contribution in [2.45, 2.75) is 30.3 Å². The average Bonchev–Trinajstić information content (AvgIpc) is 3.12. The van der Waals surface area contributed by atoms with Crippen LogP contribution < -0.4 is 14.2 Å². The van der Waals surface area contributed by atoms with Crippen LogP contribution in [0.5, 0.6) is 11.5 Å². The first kappa shape index (κ1) is 19.2. The number of aliphatic carboxylic acids is 1. The Kier molecular flexibility index (Phi) is 5.67. The van der Waals surface area contributed by atoms with Gasteiger partial charge in [-0.1, -0.05) is 6.07 Å². The number of benzene rings is 2. The van der Waals surface area contributed by atoms with E-state index in [0.29, 0.717) is 11.5 Å². The van der Waals surface area contributed by atoms with Crippen molar-refractivity contribution in [3.63, 3.8) is 0 Å². The SMILES string of the molecule is COc1ccc(S(=O)(=O)NCC(Oc2ccc3c(c2)CCC3)C(=O)O)cc1. The fraction of sp³-hybridized carbons (Fsp3) is 0.316. The van der Waals surface area contributed by atoms with Crippen LogP contribution in [-0.2, 0) is 27.7 Å². The second-order valence-electron chi connectivity index (χ2n) is 6.26. The Balaban J connectivity index is 1.68. The van der Waals surface area contributed by atoms with Gasteiger partial charge in [0, 0.05) is 0 Å². The molecule has 1 unspecified atom stereocenters. The van der Waals surface area contributed by atoms with Gasteiger partial charge in [-0.2, -0.15) is 0 Å². The van der Waals surface area contributed by atoms with Gasteiger partial charge in [-0.25, -0.2) is 17.9 Å². The first-order chi connectivity index (χ1) is 12.9. The number of carboxylic acid groups (broad SMARTS) is 1. The Morgan fingerprint density at radius 2 is 1.78 bits per heavy atom. The first-order valence-electron chi connectivity index (χ1n) is 8.54. The van der Waals surface area contributed by atoms with Gasteiger partial charge in [0.25, 0.3) is 0 Å². The van der Waals surface area contributed by atoms with Gasteiger partial charge in [0.1, 0.15) is 11.5 Å². The molecule has 144 valence electrons. The minimum atomic E-state index is -3.86. The normalized spacial score (nSPS) is 14.4. The number of methoxy groups -OCH3 is 1. The first-order valence-corrected chi connectivity index (χ1v) is 10.0. The molecule has 0 amide bonds. The lowest BCUT2D eigenvalue weighted by Crippen LogP contribution is -2.40. The van der Waals surface area contributed by atoms with Crippen molar-refractivity contribution in [3.05, 3.63) is 53.6 Å². The summed E-state index contributed by atoms with van der Waals surface area (Å²) in [6.07, 6.45) is 1.69. The van der Waals surface area contributed by atoms with Gasteiger partial charge in [-0.3, -0.25) is 0 Å². The maximum absolute atomic E-state index is 12.4. The van der Waals surface area contributed by atoms with E-state index in [0.717, 1.165) is 24.8 Å². The Morgan fingerprint density at radius 1 is 1.11 bits per heavy atom. The summed E-state index contributed by atoms with van der Waals surface area (Å²) in [5.74, 6) is -0.295. The molecule has 0 aliphatic heterocycles. The summed E-state index contributed by atoms with van der Waals surface area (Å²) >= 11 is 0. The molecular weight excluding hydrogens is 370 g/mol. The van der Waals surface area contributed by atoms with E-state index >= 15 is 0 Å². The lowest BCUT2D eigenvalue weighted by molar-refractivity contribution is -0.144. The Bertz CT molecular complexity index is 924. The topological polar surface area (TPSA) is 102 Å². The quantitative estimate of drug-likeness (QED) is 0.714. The highest BCUT2D eigenvalue weighted by Crippen LogP contribution is 2.26. The van der Waals surface area contributed by atoms with Gasteiger partial charge in [-0.05, 0) is 66.8 Å². The molecule has 2 N–H and O–H groups in total. The molecule has 1 aliphatic rings. The molecule has 2 aromatic rings. The summed E-state index contributed by atoms with van der Waals surface area (Å²) in [4.78, 5) is 11.5. The van der Waals surface area contributed by atoms with Crippen LogP contribution in [0.3, 0.4) is 0 Å². The van der Waals surface area contributed by atoms with Crippen molar-refractivity contribution < 1.29 is 27.8 Å². The number of carboxylic acids is 1. The van der Waals surface area contributed by atoms with E-state index in [-0.39, 0.29) is 11.4 Å². The van der Waals surface area contributed by atoms with E-state index in [1.54, 1.807) is 6.07 Å². The van der Waals surface area contributed by atoms with Crippen molar-refractivity contribution in [2.75, 3.05) is 13.7 Å². The molecule has 1 aliphatic carbocycles. The minimum Gasteiger partial charge on any atom is -0.497 e. The number of nitrogens with one attached hydrogen (secondary N) is 1. The van der Waals surface area contributed by atoms with E-state index in [9.17, 15) is 18.3 Å². The number of aryl methyl sites for hydroxylation is 2. The molecule has 0 saturated carbocycles. The number of fused-ring (bicyclic) bond motifs is 1. The smallest absolute Gasteiger partial charge is 0.346 e. The van der Waals surface area contributed by atoms with E-state index in [4.69, 9.17) is 9.47 Å². The number of rotatable bonds is 8. The van der Waals surface area contributed by atoms with Crippen molar-refractivity contribution in [2.24, 2.45) is 0 Å². The monoisotopic (exact) mass is 391 g/mol. The molecule has 8 heteroatoms. The summed E-state index contributed by atoms with van der Waals surface area (Å²) in [5.41, 5.74) is 2.39. The molecule has 3 rings (SSSR count). The second-order valence-corrected chi connectivity index (χ2v) is 8.02. The molecule has 0 fully saturated rings. The average molecular weight is 391 g/mol. The molecule has 0 bridgehead atoms. The van der Waals surface area contributed by atoms with Gasteiger partial charge in [0.2, 0.25) is 16.1 Å². The van der Waals surface area contributed by atoms with Crippen LogP contribution >= 0.6 is 0 Å². The third kappa shape index (κ3) is 4.58. The van der Waals surface area contributed by atoms with Crippen LogP contribution in [0.15, 0.2) is 47.4 Å². The van der Waals surface area contributed by atoms with Gasteiger partial charge in [0.15, 0.2) is 0 Å². The Morgan fingerprint density at radius 3 is 2.44 bits per heavy atom. The zero-order chi connectivity index (χ0) is 19.4. The molecule has 0 heterocycles. The van der Waals surface area contributed by atoms with Crippen molar-refractivity contribution >= 4 is 16.0 Å². The lowest BCUT2D eigenvalue weighted by atomic mass is 10.1. The van der Waals surface area contributed by atoms with Crippen LogP contribution in [0.2, 0.25) is 0 Å². The highest BCUT2D eigenvalue weighted by molar-refractivity contribution is 7.89. The number of hydrogen-bond donors (Lipinski definition) is 2. The maximum atomic E-state index is 12.4. The molecular formula is C19H21NO6S. The van der Waals surface area contributed by atoms with Crippen LogP contribution in [0.25, 0.3) is 0 Å². The lowest BCUT2D eigenvalue weighted by Gasteiger charge is -2.17. The highest BCUT2D eigenvalue weighted by Gasteiger charge is 2.24. The van der Waals surface area contributed by atoms with Crippen molar-refractivity contribution in [1.82, 2.24) is 4.72 Å².